The lowest BCUT2D eigenvalue weighted by molar-refractivity contribution is -0.384. The summed E-state index contributed by atoms with van der Waals surface area (Å²) in [6.45, 7) is 0.207. The molecule has 0 saturated heterocycles. The molecule has 0 amide bonds. The first-order chi connectivity index (χ1) is 8.50. The minimum absolute atomic E-state index is 0.00505. The van der Waals surface area contributed by atoms with Crippen molar-refractivity contribution in [2.45, 2.75) is 6.42 Å². The van der Waals surface area contributed by atoms with Crippen LogP contribution in [0.15, 0.2) is 24.3 Å². The van der Waals surface area contributed by atoms with Gasteiger partial charge in [-0.15, -0.1) is 0 Å². The van der Waals surface area contributed by atoms with E-state index in [1.165, 1.54) is 24.3 Å². The molecule has 7 nitrogen and oxygen atoms in total. The predicted octanol–water partition coefficient (Wildman–Crippen LogP) is 0.842. The van der Waals surface area contributed by atoms with Gasteiger partial charge in [0.2, 0.25) is 0 Å². The molecular formula is C11H12N2O5. The summed E-state index contributed by atoms with van der Waals surface area (Å²) in [6, 6.07) is 5.26. The Bertz CT molecular complexity index is 455. The fourth-order valence-corrected chi connectivity index (χ4v) is 1.27. The van der Waals surface area contributed by atoms with E-state index in [-0.39, 0.29) is 31.0 Å². The number of carboxylic acid groups (broad SMARTS) is 1. The molecule has 0 bridgehead atoms. The van der Waals surface area contributed by atoms with Crippen molar-refractivity contribution in [1.82, 2.24) is 5.32 Å². The number of carbonyl (C=O) groups is 2. The second-order valence-electron chi connectivity index (χ2n) is 3.55. The molecule has 1 aromatic carbocycles. The van der Waals surface area contributed by atoms with Gasteiger partial charge >= 0.3 is 5.97 Å². The van der Waals surface area contributed by atoms with Gasteiger partial charge in [-0.2, -0.15) is 0 Å². The number of Topliss-reactive ketones (excluding diaryl/α,β-unsaturated/α-hetero) is 1. The molecule has 18 heavy (non-hydrogen) atoms. The van der Waals surface area contributed by atoms with Crippen molar-refractivity contribution in [2.75, 3.05) is 13.1 Å². The van der Waals surface area contributed by atoms with Gasteiger partial charge < -0.3 is 10.4 Å². The number of carboxylic acids is 1. The highest BCUT2D eigenvalue weighted by molar-refractivity contribution is 5.97. The number of aliphatic carboxylic acids is 1. The molecule has 0 spiro atoms. The smallest absolute Gasteiger partial charge is 0.304 e. The van der Waals surface area contributed by atoms with Crippen LogP contribution in [0.3, 0.4) is 0 Å². The lowest BCUT2D eigenvalue weighted by Gasteiger charge is -2.02. The molecule has 0 aliphatic heterocycles. The average molecular weight is 252 g/mol. The second kappa shape index (κ2) is 6.45. The maximum Gasteiger partial charge on any atom is 0.304 e. The number of ketones is 1. The highest BCUT2D eigenvalue weighted by Crippen LogP contribution is 2.11. The Labute approximate surface area is 103 Å². The van der Waals surface area contributed by atoms with Gasteiger partial charge in [0.05, 0.1) is 17.9 Å². The van der Waals surface area contributed by atoms with E-state index in [4.69, 9.17) is 5.11 Å². The van der Waals surface area contributed by atoms with E-state index in [9.17, 15) is 19.7 Å². The number of nitro benzene ring substituents is 1. The fraction of sp³-hybridized carbons (Fsp3) is 0.273. The zero-order chi connectivity index (χ0) is 13.5. The van der Waals surface area contributed by atoms with E-state index in [0.717, 1.165) is 0 Å². The predicted molar refractivity (Wildman–Crippen MR) is 62.5 cm³/mol. The number of nitrogens with zero attached hydrogens (tertiary/aromatic N) is 1. The van der Waals surface area contributed by atoms with E-state index in [1.54, 1.807) is 0 Å². The number of carbonyl (C=O) groups excluding carboxylic acids is 1. The zero-order valence-corrected chi connectivity index (χ0v) is 9.46. The summed E-state index contributed by atoms with van der Waals surface area (Å²) in [4.78, 5) is 31.7. The molecule has 0 heterocycles. The number of hydrogen-bond donors (Lipinski definition) is 2. The van der Waals surface area contributed by atoms with Gasteiger partial charge in [0, 0.05) is 24.2 Å². The summed E-state index contributed by atoms with van der Waals surface area (Å²) in [5.41, 5.74) is 0.272. The Balaban J connectivity index is 2.46. The Morgan fingerprint density at radius 2 is 1.89 bits per heavy atom. The molecule has 0 atom stereocenters. The topological polar surface area (TPSA) is 110 Å². The molecule has 1 rings (SSSR count). The minimum atomic E-state index is -0.940. The van der Waals surface area contributed by atoms with Crippen molar-refractivity contribution < 1.29 is 19.6 Å². The first-order valence-corrected chi connectivity index (χ1v) is 5.21. The Morgan fingerprint density at radius 3 is 2.39 bits per heavy atom. The molecule has 0 saturated carbocycles. The normalized spacial score (nSPS) is 10.0. The lowest BCUT2D eigenvalue weighted by atomic mass is 10.1. The average Bonchev–Trinajstić information content (AvgIpc) is 2.34. The van der Waals surface area contributed by atoms with Gasteiger partial charge in [-0.25, -0.2) is 0 Å². The van der Waals surface area contributed by atoms with Gasteiger partial charge in [-0.3, -0.25) is 19.7 Å². The second-order valence-corrected chi connectivity index (χ2v) is 3.55. The van der Waals surface area contributed by atoms with Crippen molar-refractivity contribution >= 4 is 17.4 Å². The molecule has 0 aliphatic carbocycles. The third-order valence-corrected chi connectivity index (χ3v) is 2.20. The summed E-state index contributed by atoms with van der Waals surface area (Å²) in [6.07, 6.45) is -0.0620. The first kappa shape index (κ1) is 13.8. The summed E-state index contributed by atoms with van der Waals surface area (Å²) in [5, 5.41) is 21.5. The molecule has 0 aliphatic rings. The number of non-ortho nitro benzene ring substituents is 1. The largest absolute Gasteiger partial charge is 0.481 e. The van der Waals surface area contributed by atoms with Crippen molar-refractivity contribution in [1.29, 1.82) is 0 Å². The number of benzene rings is 1. The maximum absolute atomic E-state index is 11.6. The molecule has 0 unspecified atom stereocenters. The molecule has 0 radical (unpaired) electrons. The number of rotatable bonds is 7. The molecular weight excluding hydrogens is 240 g/mol. The van der Waals surface area contributed by atoms with Crippen LogP contribution in [0.1, 0.15) is 16.8 Å². The maximum atomic E-state index is 11.6. The van der Waals surface area contributed by atoms with Crippen LogP contribution in [-0.4, -0.2) is 34.9 Å². The third kappa shape index (κ3) is 4.30. The van der Waals surface area contributed by atoms with E-state index >= 15 is 0 Å². The van der Waals surface area contributed by atoms with Crippen LogP contribution in [0.2, 0.25) is 0 Å². The van der Waals surface area contributed by atoms with Crippen molar-refractivity contribution in [3.05, 3.63) is 39.9 Å². The number of hydrogen-bond acceptors (Lipinski definition) is 5. The van der Waals surface area contributed by atoms with Crippen LogP contribution in [-0.2, 0) is 4.79 Å². The van der Waals surface area contributed by atoms with Crippen LogP contribution >= 0.6 is 0 Å². The molecule has 0 fully saturated rings. The first-order valence-electron chi connectivity index (χ1n) is 5.21. The monoisotopic (exact) mass is 252 g/mol. The minimum Gasteiger partial charge on any atom is -0.481 e. The molecule has 0 aromatic heterocycles. The molecule has 7 heteroatoms. The van der Waals surface area contributed by atoms with Crippen LogP contribution in [0.4, 0.5) is 5.69 Å². The fourth-order valence-electron chi connectivity index (χ4n) is 1.27. The van der Waals surface area contributed by atoms with E-state index in [0.29, 0.717) is 5.56 Å². The summed E-state index contributed by atoms with van der Waals surface area (Å²) in [5.74, 6) is -1.18. The summed E-state index contributed by atoms with van der Waals surface area (Å²) in [7, 11) is 0. The van der Waals surface area contributed by atoms with E-state index < -0.39 is 10.9 Å². The van der Waals surface area contributed by atoms with Crippen LogP contribution in [0.5, 0.6) is 0 Å². The van der Waals surface area contributed by atoms with Crippen molar-refractivity contribution in [3.63, 3.8) is 0 Å². The van der Waals surface area contributed by atoms with E-state index in [1.807, 2.05) is 0 Å². The standard InChI is InChI=1S/C11H12N2O5/c14-10(7-12-6-5-11(15)16)8-1-3-9(4-2-8)13(17)18/h1-4,12H,5-7H2,(H,15,16). The molecule has 1 aromatic rings. The summed E-state index contributed by atoms with van der Waals surface area (Å²) >= 11 is 0. The summed E-state index contributed by atoms with van der Waals surface area (Å²) < 4.78 is 0. The highest BCUT2D eigenvalue weighted by atomic mass is 16.6. The Kier molecular flexibility index (Phi) is 4.94. The van der Waals surface area contributed by atoms with Crippen molar-refractivity contribution in [3.8, 4) is 0 Å². The zero-order valence-electron chi connectivity index (χ0n) is 9.46. The van der Waals surface area contributed by atoms with Gasteiger partial charge in [-0.1, -0.05) is 0 Å². The third-order valence-electron chi connectivity index (χ3n) is 2.20. The number of nitrogens with one attached hydrogen (secondary N) is 1. The van der Waals surface area contributed by atoms with Crippen LogP contribution < -0.4 is 5.32 Å². The molecule has 2 N–H and O–H groups in total. The van der Waals surface area contributed by atoms with Gasteiger partial charge in [-0.05, 0) is 12.1 Å². The van der Waals surface area contributed by atoms with E-state index in [2.05, 4.69) is 5.32 Å². The van der Waals surface area contributed by atoms with Crippen molar-refractivity contribution in [2.24, 2.45) is 0 Å². The molecule has 96 valence electrons. The Morgan fingerprint density at radius 1 is 1.28 bits per heavy atom. The van der Waals surface area contributed by atoms with Gasteiger partial charge in [0.25, 0.3) is 5.69 Å². The van der Waals surface area contributed by atoms with Gasteiger partial charge in [0.1, 0.15) is 0 Å². The van der Waals surface area contributed by atoms with Crippen LogP contribution in [0, 0.1) is 10.1 Å². The Hall–Kier alpha value is -2.28. The highest BCUT2D eigenvalue weighted by Gasteiger charge is 2.09. The van der Waals surface area contributed by atoms with Crippen LogP contribution in [0.25, 0.3) is 0 Å². The van der Waals surface area contributed by atoms with Gasteiger partial charge in [0.15, 0.2) is 5.78 Å². The lowest BCUT2D eigenvalue weighted by Crippen LogP contribution is -2.25. The SMILES string of the molecule is O=C(O)CCNCC(=O)c1ccc([N+](=O)[O-])cc1. The number of nitro groups is 1. The quantitative estimate of drug-likeness (QED) is 0.322.